The number of benzene rings is 1. The van der Waals surface area contributed by atoms with E-state index in [-0.39, 0.29) is 11.3 Å². The molecule has 8 nitrogen and oxygen atoms in total. The summed E-state index contributed by atoms with van der Waals surface area (Å²) in [5.41, 5.74) is 0.975. The highest BCUT2D eigenvalue weighted by Gasteiger charge is 2.45. The van der Waals surface area contributed by atoms with Gasteiger partial charge in [-0.05, 0) is 43.2 Å². The Morgan fingerprint density at radius 2 is 2.03 bits per heavy atom. The zero-order valence-corrected chi connectivity index (χ0v) is 18.8. The van der Waals surface area contributed by atoms with Crippen LogP contribution in [-0.2, 0) is 16.1 Å². The summed E-state index contributed by atoms with van der Waals surface area (Å²) in [5.74, 6) is -1.22. The van der Waals surface area contributed by atoms with Crippen molar-refractivity contribution in [3.05, 3.63) is 83.2 Å². The van der Waals surface area contributed by atoms with Gasteiger partial charge in [-0.15, -0.1) is 0 Å². The number of likely N-dealkylation sites (tertiary alicyclic amines) is 1. The number of aliphatic hydroxyl groups is 1. The van der Waals surface area contributed by atoms with Gasteiger partial charge in [-0.3, -0.25) is 14.6 Å². The summed E-state index contributed by atoms with van der Waals surface area (Å²) in [6.07, 6.45) is 9.03. The number of imidazole rings is 1. The molecule has 170 valence electrons. The van der Waals surface area contributed by atoms with E-state index in [0.29, 0.717) is 48.0 Å². The van der Waals surface area contributed by atoms with E-state index in [1.54, 1.807) is 49.2 Å². The molecule has 33 heavy (non-hydrogen) atoms. The second-order valence-electron chi connectivity index (χ2n) is 7.51. The van der Waals surface area contributed by atoms with Crippen molar-refractivity contribution in [1.29, 1.82) is 0 Å². The van der Waals surface area contributed by atoms with Crippen molar-refractivity contribution in [2.75, 3.05) is 13.2 Å². The van der Waals surface area contributed by atoms with E-state index in [0.717, 1.165) is 0 Å². The molecular formula is C24H23ClN4O4. The average molecular weight is 467 g/mol. The third kappa shape index (κ3) is 4.61. The van der Waals surface area contributed by atoms with E-state index in [1.807, 2.05) is 17.7 Å². The second kappa shape index (κ2) is 9.87. The number of Topliss-reactive ketones (excluding diaryl/α,β-unsaturated/α-hetero) is 1. The summed E-state index contributed by atoms with van der Waals surface area (Å²) in [6.45, 7) is 3.24. The quantitative estimate of drug-likeness (QED) is 0.308. The van der Waals surface area contributed by atoms with Gasteiger partial charge in [0.15, 0.2) is 0 Å². The predicted molar refractivity (Wildman–Crippen MR) is 123 cm³/mol. The molecule has 0 spiro atoms. The minimum absolute atomic E-state index is 0.0101. The largest absolute Gasteiger partial charge is 0.507 e. The Bertz CT molecular complexity index is 1180. The maximum absolute atomic E-state index is 13.1. The van der Waals surface area contributed by atoms with Crippen LogP contribution in [-0.4, -0.2) is 49.4 Å². The lowest BCUT2D eigenvalue weighted by Crippen LogP contribution is -2.31. The molecule has 1 atom stereocenters. The number of carbonyl (C=O) groups excluding carboxylic acids is 2. The fourth-order valence-electron chi connectivity index (χ4n) is 3.91. The van der Waals surface area contributed by atoms with Crippen LogP contribution in [0.1, 0.15) is 30.5 Å². The van der Waals surface area contributed by atoms with Crippen molar-refractivity contribution in [3.63, 3.8) is 0 Å². The molecule has 1 aromatic carbocycles. The number of ether oxygens (including phenoxy) is 1. The lowest BCUT2D eigenvalue weighted by atomic mass is 9.96. The third-order valence-electron chi connectivity index (χ3n) is 5.42. The van der Waals surface area contributed by atoms with Gasteiger partial charge in [0.2, 0.25) is 0 Å². The first-order valence-corrected chi connectivity index (χ1v) is 11.0. The van der Waals surface area contributed by atoms with Crippen LogP contribution in [0.4, 0.5) is 0 Å². The lowest BCUT2D eigenvalue weighted by molar-refractivity contribution is -0.139. The molecular weight excluding hydrogens is 444 g/mol. The Kier molecular flexibility index (Phi) is 6.74. The van der Waals surface area contributed by atoms with Gasteiger partial charge in [-0.1, -0.05) is 17.7 Å². The highest BCUT2D eigenvalue weighted by molar-refractivity contribution is 6.46. The van der Waals surface area contributed by atoms with E-state index < -0.39 is 17.7 Å². The molecule has 1 N–H and O–H groups in total. The minimum atomic E-state index is -0.758. The minimum Gasteiger partial charge on any atom is -0.507 e. The van der Waals surface area contributed by atoms with E-state index in [9.17, 15) is 14.7 Å². The molecule has 9 heteroatoms. The van der Waals surface area contributed by atoms with Crippen molar-refractivity contribution < 1.29 is 19.4 Å². The van der Waals surface area contributed by atoms with Crippen LogP contribution in [0.25, 0.3) is 5.76 Å². The fourth-order valence-corrected chi connectivity index (χ4v) is 4.15. The highest BCUT2D eigenvalue weighted by Crippen LogP contribution is 2.40. The van der Waals surface area contributed by atoms with Crippen molar-refractivity contribution in [2.45, 2.75) is 25.9 Å². The number of halogens is 1. The number of aryl methyl sites for hydroxylation is 1. The van der Waals surface area contributed by atoms with Crippen LogP contribution in [0.3, 0.4) is 0 Å². The van der Waals surface area contributed by atoms with E-state index in [1.165, 1.54) is 11.0 Å². The normalized spacial score (nSPS) is 17.5. The van der Waals surface area contributed by atoms with Crippen LogP contribution >= 0.6 is 11.6 Å². The Balaban J connectivity index is 1.71. The highest BCUT2D eigenvalue weighted by atomic mass is 35.5. The van der Waals surface area contributed by atoms with Crippen molar-refractivity contribution in [1.82, 2.24) is 19.4 Å². The summed E-state index contributed by atoms with van der Waals surface area (Å²) in [7, 11) is 0. The van der Waals surface area contributed by atoms with Crippen LogP contribution in [0.15, 0.2) is 67.0 Å². The number of pyridine rings is 1. The van der Waals surface area contributed by atoms with E-state index in [4.69, 9.17) is 16.3 Å². The monoisotopic (exact) mass is 466 g/mol. The summed E-state index contributed by atoms with van der Waals surface area (Å²) in [4.78, 5) is 35.7. The van der Waals surface area contributed by atoms with Gasteiger partial charge in [0.05, 0.1) is 29.6 Å². The van der Waals surface area contributed by atoms with E-state index in [2.05, 4.69) is 9.97 Å². The molecule has 1 aliphatic rings. The Morgan fingerprint density at radius 1 is 1.18 bits per heavy atom. The van der Waals surface area contributed by atoms with Crippen LogP contribution in [0.2, 0.25) is 5.02 Å². The third-order valence-corrected chi connectivity index (χ3v) is 5.72. The topological polar surface area (TPSA) is 97.6 Å². The summed E-state index contributed by atoms with van der Waals surface area (Å²) in [6, 6.07) is 7.51. The molecule has 4 rings (SSSR count). The summed E-state index contributed by atoms with van der Waals surface area (Å²) < 4.78 is 7.34. The number of amides is 1. The molecule has 0 aliphatic carbocycles. The molecule has 0 radical (unpaired) electrons. The van der Waals surface area contributed by atoms with Crippen molar-refractivity contribution >= 4 is 29.1 Å². The van der Waals surface area contributed by atoms with Gasteiger partial charge in [0.1, 0.15) is 11.5 Å². The summed E-state index contributed by atoms with van der Waals surface area (Å²) in [5, 5.41) is 11.4. The van der Waals surface area contributed by atoms with Gasteiger partial charge in [0, 0.05) is 43.4 Å². The van der Waals surface area contributed by atoms with Gasteiger partial charge in [-0.25, -0.2) is 4.98 Å². The van der Waals surface area contributed by atoms with Gasteiger partial charge in [-0.2, -0.15) is 0 Å². The molecule has 0 bridgehead atoms. The molecule has 2 aromatic heterocycles. The molecule has 3 heterocycles. The van der Waals surface area contributed by atoms with Gasteiger partial charge >= 0.3 is 0 Å². The lowest BCUT2D eigenvalue weighted by Gasteiger charge is -2.25. The van der Waals surface area contributed by atoms with Gasteiger partial charge < -0.3 is 19.3 Å². The van der Waals surface area contributed by atoms with Crippen molar-refractivity contribution in [2.24, 2.45) is 0 Å². The fraction of sp³-hybridized carbons (Fsp3) is 0.250. The summed E-state index contributed by atoms with van der Waals surface area (Å²) >= 11 is 6.29. The number of aromatic nitrogens is 3. The standard InChI is InChI=1S/C24H23ClN4O4/c1-2-33-19-7-6-16(13-18(19)25)22(30)20-21(17-5-3-8-26-14-17)29(24(32)23(20)31)11-4-10-28-12-9-27-15-28/h3,5-9,12-15,21,30H,2,4,10-11H2,1H3/b22-20+/t21-/m1/s1. The first-order valence-electron chi connectivity index (χ1n) is 10.6. The molecule has 0 unspecified atom stereocenters. The maximum atomic E-state index is 13.1. The molecule has 0 saturated carbocycles. The van der Waals surface area contributed by atoms with Gasteiger partial charge in [0.25, 0.3) is 11.7 Å². The number of rotatable bonds is 8. The first kappa shape index (κ1) is 22.5. The van der Waals surface area contributed by atoms with Crippen LogP contribution in [0.5, 0.6) is 5.75 Å². The number of hydrogen-bond donors (Lipinski definition) is 1. The molecule has 1 saturated heterocycles. The van der Waals surface area contributed by atoms with E-state index >= 15 is 0 Å². The zero-order chi connectivity index (χ0) is 23.4. The predicted octanol–water partition coefficient (Wildman–Crippen LogP) is 3.84. The number of hydrogen-bond acceptors (Lipinski definition) is 6. The maximum Gasteiger partial charge on any atom is 0.295 e. The first-order chi connectivity index (χ1) is 16.0. The van der Waals surface area contributed by atoms with Crippen LogP contribution < -0.4 is 4.74 Å². The smallest absolute Gasteiger partial charge is 0.295 e. The van der Waals surface area contributed by atoms with Crippen LogP contribution in [0, 0.1) is 0 Å². The zero-order valence-electron chi connectivity index (χ0n) is 18.0. The Morgan fingerprint density at radius 3 is 2.70 bits per heavy atom. The Labute approximate surface area is 196 Å². The molecule has 1 aliphatic heterocycles. The SMILES string of the molecule is CCOc1ccc(/C(O)=C2\C(=O)C(=O)N(CCCn3ccnc3)[C@@H]2c2cccnc2)cc1Cl. The number of ketones is 1. The average Bonchev–Trinajstić information content (AvgIpc) is 3.43. The molecule has 3 aromatic rings. The number of nitrogens with zero attached hydrogens (tertiary/aromatic N) is 4. The number of aliphatic hydroxyl groups excluding tert-OH is 1. The van der Waals surface area contributed by atoms with Crippen molar-refractivity contribution in [3.8, 4) is 5.75 Å². The molecule has 1 fully saturated rings. The number of carbonyl (C=O) groups is 2. The second-order valence-corrected chi connectivity index (χ2v) is 7.92. The molecule has 1 amide bonds. The Hall–Kier alpha value is -3.65.